The predicted octanol–water partition coefficient (Wildman–Crippen LogP) is 0.975. The van der Waals surface area contributed by atoms with E-state index in [4.69, 9.17) is 0 Å². The summed E-state index contributed by atoms with van der Waals surface area (Å²) in [4.78, 5) is 15.0. The number of hydrogen-bond acceptors (Lipinski definition) is 3. The zero-order valence-electron chi connectivity index (χ0n) is 7.70. The minimum atomic E-state index is -0.168. The molecule has 1 rings (SSSR count). The van der Waals surface area contributed by atoms with Crippen molar-refractivity contribution in [3.63, 3.8) is 0 Å². The van der Waals surface area contributed by atoms with E-state index in [1.54, 1.807) is 12.4 Å². The van der Waals surface area contributed by atoms with Crippen molar-refractivity contribution in [3.8, 4) is 0 Å². The molecule has 4 nitrogen and oxygen atoms in total. The quantitative estimate of drug-likeness (QED) is 0.754. The third-order valence-corrected chi connectivity index (χ3v) is 1.59. The van der Waals surface area contributed by atoms with Crippen LogP contribution in [0.4, 0.5) is 5.69 Å². The van der Waals surface area contributed by atoms with Crippen LogP contribution in [-0.2, 0) is 9.53 Å². The normalized spacial score (nSPS) is 9.69. The molecule has 0 atom stereocenters. The molecule has 0 aliphatic rings. The largest absolute Gasteiger partial charge is 0.375 e. The van der Waals surface area contributed by atoms with E-state index in [0.717, 1.165) is 11.3 Å². The van der Waals surface area contributed by atoms with Crippen LogP contribution in [0, 0.1) is 6.92 Å². The average molecular weight is 180 g/mol. The van der Waals surface area contributed by atoms with Gasteiger partial charge >= 0.3 is 0 Å². The fourth-order valence-electron chi connectivity index (χ4n) is 0.912. The molecule has 0 unspecified atom stereocenters. The van der Waals surface area contributed by atoms with Gasteiger partial charge in [0.05, 0.1) is 11.9 Å². The highest BCUT2D eigenvalue weighted by Gasteiger charge is 2.02. The first-order valence-corrected chi connectivity index (χ1v) is 3.93. The lowest BCUT2D eigenvalue weighted by molar-refractivity contribution is -0.119. The molecule has 0 saturated heterocycles. The van der Waals surface area contributed by atoms with Crippen LogP contribution in [0.3, 0.4) is 0 Å². The van der Waals surface area contributed by atoms with Gasteiger partial charge < -0.3 is 10.1 Å². The van der Waals surface area contributed by atoms with E-state index in [-0.39, 0.29) is 12.5 Å². The second-order valence-corrected chi connectivity index (χ2v) is 2.67. The number of pyridine rings is 1. The van der Waals surface area contributed by atoms with E-state index in [1.807, 2.05) is 13.0 Å². The Morgan fingerprint density at radius 2 is 2.46 bits per heavy atom. The first-order valence-electron chi connectivity index (χ1n) is 3.93. The summed E-state index contributed by atoms with van der Waals surface area (Å²) in [5.41, 5.74) is 1.71. The molecule has 0 saturated carbocycles. The van der Waals surface area contributed by atoms with Crippen molar-refractivity contribution in [1.82, 2.24) is 4.98 Å². The van der Waals surface area contributed by atoms with Crippen LogP contribution in [-0.4, -0.2) is 24.6 Å². The molecule has 70 valence electrons. The third-order valence-electron chi connectivity index (χ3n) is 1.59. The maximum atomic E-state index is 11.1. The van der Waals surface area contributed by atoms with Crippen molar-refractivity contribution in [2.75, 3.05) is 19.0 Å². The standard InChI is InChI=1S/C9H12N2O2/c1-7-3-4-10-5-8(7)11-9(12)6-13-2/h3-5H,6H2,1-2H3,(H,11,12). The van der Waals surface area contributed by atoms with E-state index in [1.165, 1.54) is 7.11 Å². The summed E-state index contributed by atoms with van der Waals surface area (Å²) in [6.45, 7) is 1.97. The number of aromatic nitrogens is 1. The summed E-state index contributed by atoms with van der Waals surface area (Å²) in [6.07, 6.45) is 3.30. The van der Waals surface area contributed by atoms with Gasteiger partial charge in [-0.2, -0.15) is 0 Å². The summed E-state index contributed by atoms with van der Waals surface area (Å²) in [7, 11) is 1.48. The van der Waals surface area contributed by atoms with Gasteiger partial charge in [0.1, 0.15) is 6.61 Å². The number of aryl methyl sites for hydroxylation is 1. The Kier molecular flexibility index (Phi) is 3.40. The second kappa shape index (κ2) is 4.57. The van der Waals surface area contributed by atoms with E-state index < -0.39 is 0 Å². The first-order chi connectivity index (χ1) is 6.24. The molecule has 0 aromatic carbocycles. The molecule has 1 N–H and O–H groups in total. The van der Waals surface area contributed by atoms with Gasteiger partial charge in [0.25, 0.3) is 0 Å². The maximum absolute atomic E-state index is 11.1. The van der Waals surface area contributed by atoms with Gasteiger partial charge in [-0.1, -0.05) is 0 Å². The Bertz CT molecular complexity index is 299. The molecule has 0 aliphatic heterocycles. The fraction of sp³-hybridized carbons (Fsp3) is 0.333. The van der Waals surface area contributed by atoms with Crippen LogP contribution in [0.2, 0.25) is 0 Å². The van der Waals surface area contributed by atoms with Gasteiger partial charge in [0, 0.05) is 13.3 Å². The van der Waals surface area contributed by atoms with Gasteiger partial charge in [-0.3, -0.25) is 9.78 Å². The topological polar surface area (TPSA) is 51.2 Å². The van der Waals surface area contributed by atoms with Gasteiger partial charge in [-0.15, -0.1) is 0 Å². The lowest BCUT2D eigenvalue weighted by Gasteiger charge is -2.05. The SMILES string of the molecule is COCC(=O)Nc1cnccc1C. The number of carbonyl (C=O) groups is 1. The molecular weight excluding hydrogens is 168 g/mol. The number of methoxy groups -OCH3 is 1. The maximum Gasteiger partial charge on any atom is 0.250 e. The molecule has 0 aliphatic carbocycles. The molecule has 0 fully saturated rings. The van der Waals surface area contributed by atoms with Crippen molar-refractivity contribution >= 4 is 11.6 Å². The molecule has 0 radical (unpaired) electrons. The van der Waals surface area contributed by atoms with Crippen molar-refractivity contribution in [2.24, 2.45) is 0 Å². The Morgan fingerprint density at radius 3 is 3.08 bits per heavy atom. The molecule has 0 spiro atoms. The number of hydrogen-bond donors (Lipinski definition) is 1. The Hall–Kier alpha value is -1.42. The van der Waals surface area contributed by atoms with Crippen LogP contribution >= 0.6 is 0 Å². The molecule has 13 heavy (non-hydrogen) atoms. The minimum Gasteiger partial charge on any atom is -0.375 e. The number of nitrogens with zero attached hydrogens (tertiary/aromatic N) is 1. The molecular formula is C9H12N2O2. The van der Waals surface area contributed by atoms with Crippen LogP contribution < -0.4 is 5.32 Å². The lowest BCUT2D eigenvalue weighted by Crippen LogP contribution is -2.17. The van der Waals surface area contributed by atoms with Gasteiger partial charge in [0.15, 0.2) is 0 Å². The Morgan fingerprint density at radius 1 is 1.69 bits per heavy atom. The predicted molar refractivity (Wildman–Crippen MR) is 49.5 cm³/mol. The lowest BCUT2D eigenvalue weighted by atomic mass is 10.2. The zero-order valence-corrected chi connectivity index (χ0v) is 7.70. The number of anilines is 1. The van der Waals surface area contributed by atoms with E-state index in [0.29, 0.717) is 0 Å². The molecule has 1 aromatic heterocycles. The minimum absolute atomic E-state index is 0.0638. The van der Waals surface area contributed by atoms with Crippen LogP contribution in [0.5, 0.6) is 0 Å². The van der Waals surface area contributed by atoms with Crippen LogP contribution in [0.25, 0.3) is 0 Å². The molecule has 1 aromatic rings. The third kappa shape index (κ3) is 2.83. The van der Waals surface area contributed by atoms with Crippen LogP contribution in [0.15, 0.2) is 18.5 Å². The first kappa shape index (κ1) is 9.67. The summed E-state index contributed by atoms with van der Waals surface area (Å²) in [5, 5.41) is 2.68. The van der Waals surface area contributed by atoms with Gasteiger partial charge in [-0.25, -0.2) is 0 Å². The monoisotopic (exact) mass is 180 g/mol. The summed E-state index contributed by atoms with van der Waals surface area (Å²) in [5.74, 6) is -0.168. The average Bonchev–Trinajstić information content (AvgIpc) is 2.09. The highest BCUT2D eigenvalue weighted by Crippen LogP contribution is 2.10. The molecule has 4 heteroatoms. The number of amides is 1. The van der Waals surface area contributed by atoms with Crippen molar-refractivity contribution in [2.45, 2.75) is 6.92 Å². The van der Waals surface area contributed by atoms with Gasteiger partial charge in [-0.05, 0) is 18.6 Å². The molecule has 0 bridgehead atoms. The van der Waals surface area contributed by atoms with E-state index >= 15 is 0 Å². The summed E-state index contributed by atoms with van der Waals surface area (Å²) < 4.78 is 4.68. The van der Waals surface area contributed by atoms with Crippen molar-refractivity contribution in [3.05, 3.63) is 24.0 Å². The number of nitrogens with one attached hydrogen (secondary N) is 1. The summed E-state index contributed by atoms with van der Waals surface area (Å²) >= 11 is 0. The van der Waals surface area contributed by atoms with Gasteiger partial charge in [0.2, 0.25) is 5.91 Å². The number of carbonyl (C=O) groups excluding carboxylic acids is 1. The van der Waals surface area contributed by atoms with E-state index in [2.05, 4.69) is 15.0 Å². The molecule has 1 amide bonds. The zero-order chi connectivity index (χ0) is 9.68. The Balaban J connectivity index is 2.63. The van der Waals surface area contributed by atoms with Crippen molar-refractivity contribution < 1.29 is 9.53 Å². The Labute approximate surface area is 76.9 Å². The number of ether oxygens (including phenoxy) is 1. The second-order valence-electron chi connectivity index (χ2n) is 2.67. The number of rotatable bonds is 3. The van der Waals surface area contributed by atoms with Crippen molar-refractivity contribution in [1.29, 1.82) is 0 Å². The van der Waals surface area contributed by atoms with Crippen LogP contribution in [0.1, 0.15) is 5.56 Å². The summed E-state index contributed by atoms with van der Waals surface area (Å²) in [6, 6.07) is 1.84. The fourth-order valence-corrected chi connectivity index (χ4v) is 0.912. The van der Waals surface area contributed by atoms with E-state index in [9.17, 15) is 4.79 Å². The molecule has 1 heterocycles. The highest BCUT2D eigenvalue weighted by atomic mass is 16.5. The smallest absolute Gasteiger partial charge is 0.250 e. The highest BCUT2D eigenvalue weighted by molar-refractivity contribution is 5.92.